The smallest absolute Gasteiger partial charge is 0.289 e. The summed E-state index contributed by atoms with van der Waals surface area (Å²) >= 11 is 0. The van der Waals surface area contributed by atoms with Crippen LogP contribution in [0.1, 0.15) is 0 Å². The zero-order chi connectivity index (χ0) is 15.3. The van der Waals surface area contributed by atoms with Crippen LogP contribution < -0.4 is 0 Å². The van der Waals surface area contributed by atoms with Gasteiger partial charge in [-0.25, -0.2) is 8.42 Å². The van der Waals surface area contributed by atoms with Gasteiger partial charge in [-0.05, 0) is 6.07 Å². The highest BCUT2D eigenvalue weighted by Crippen LogP contribution is 2.25. The number of nitro benzene ring substituents is 1. The van der Waals surface area contributed by atoms with Crippen molar-refractivity contribution < 1.29 is 22.8 Å². The number of methoxy groups -OCH3 is 2. The van der Waals surface area contributed by atoms with Crippen LogP contribution in [-0.4, -0.2) is 51.7 Å². The Morgan fingerprint density at radius 3 is 2.35 bits per heavy atom. The van der Waals surface area contributed by atoms with E-state index in [9.17, 15) is 18.5 Å². The molecular weight excluding hydrogens is 288 g/mol. The van der Waals surface area contributed by atoms with Crippen LogP contribution in [-0.2, 0) is 19.5 Å². The van der Waals surface area contributed by atoms with Gasteiger partial charge in [0.2, 0.25) is 10.0 Å². The molecule has 0 aliphatic heterocycles. The largest absolute Gasteiger partial charge is 0.355 e. The van der Waals surface area contributed by atoms with E-state index in [0.717, 1.165) is 10.4 Å². The van der Waals surface area contributed by atoms with Crippen LogP contribution in [0, 0.1) is 10.1 Å². The molecule has 0 N–H and O–H groups in total. The van der Waals surface area contributed by atoms with E-state index < -0.39 is 26.9 Å². The first-order valence-electron chi connectivity index (χ1n) is 5.60. The summed E-state index contributed by atoms with van der Waals surface area (Å²) in [6.45, 7) is -0.0820. The van der Waals surface area contributed by atoms with Crippen molar-refractivity contribution in [3.8, 4) is 0 Å². The van der Waals surface area contributed by atoms with Crippen molar-refractivity contribution in [1.29, 1.82) is 0 Å². The molecule has 9 heteroatoms. The molecule has 0 bridgehead atoms. The summed E-state index contributed by atoms with van der Waals surface area (Å²) in [6, 6.07) is 5.17. The van der Waals surface area contributed by atoms with Crippen LogP contribution in [0.15, 0.2) is 29.2 Å². The van der Waals surface area contributed by atoms with Gasteiger partial charge >= 0.3 is 0 Å². The quantitative estimate of drug-likeness (QED) is 0.420. The molecule has 0 heterocycles. The SMILES string of the molecule is COC(CN(C)S(=O)(=O)c1ccccc1[N+](=O)[O-])OC. The third-order valence-electron chi connectivity index (χ3n) is 2.68. The van der Waals surface area contributed by atoms with Crippen LogP contribution in [0.2, 0.25) is 0 Å². The molecule has 0 atom stereocenters. The number of hydrogen-bond acceptors (Lipinski definition) is 6. The van der Waals surface area contributed by atoms with Gasteiger partial charge in [-0.2, -0.15) is 4.31 Å². The number of hydrogen-bond donors (Lipinski definition) is 0. The molecule has 20 heavy (non-hydrogen) atoms. The highest BCUT2D eigenvalue weighted by Gasteiger charge is 2.30. The molecule has 1 aromatic rings. The Morgan fingerprint density at radius 1 is 1.30 bits per heavy atom. The van der Waals surface area contributed by atoms with Crippen LogP contribution in [0.4, 0.5) is 5.69 Å². The Bertz CT molecular complexity index is 570. The van der Waals surface area contributed by atoms with E-state index in [1.165, 1.54) is 39.5 Å². The van der Waals surface area contributed by atoms with Crippen molar-refractivity contribution in [3.05, 3.63) is 34.4 Å². The van der Waals surface area contributed by atoms with Crippen LogP contribution in [0.5, 0.6) is 0 Å². The normalized spacial score (nSPS) is 12.1. The Kier molecular flexibility index (Phi) is 5.57. The first-order valence-corrected chi connectivity index (χ1v) is 7.04. The van der Waals surface area contributed by atoms with Gasteiger partial charge in [-0.1, -0.05) is 12.1 Å². The first kappa shape index (κ1) is 16.5. The summed E-state index contributed by atoms with van der Waals surface area (Å²) in [4.78, 5) is 9.80. The van der Waals surface area contributed by atoms with E-state index in [1.54, 1.807) is 0 Å². The monoisotopic (exact) mass is 304 g/mol. The summed E-state index contributed by atoms with van der Waals surface area (Å²) in [6.07, 6.45) is -0.752. The predicted molar refractivity (Wildman–Crippen MR) is 70.7 cm³/mol. The minimum Gasteiger partial charge on any atom is -0.355 e. The average Bonchev–Trinajstić information content (AvgIpc) is 2.44. The van der Waals surface area contributed by atoms with Gasteiger partial charge < -0.3 is 9.47 Å². The second-order valence-corrected chi connectivity index (χ2v) is 5.92. The number of ether oxygens (including phenoxy) is 2. The number of nitrogens with zero attached hydrogens (tertiary/aromatic N) is 2. The van der Waals surface area contributed by atoms with E-state index >= 15 is 0 Å². The molecule has 1 aromatic carbocycles. The Morgan fingerprint density at radius 2 is 1.85 bits per heavy atom. The third-order valence-corrected chi connectivity index (χ3v) is 4.55. The van der Waals surface area contributed by atoms with E-state index in [4.69, 9.17) is 9.47 Å². The average molecular weight is 304 g/mol. The zero-order valence-corrected chi connectivity index (χ0v) is 12.2. The van der Waals surface area contributed by atoms with Gasteiger partial charge in [-0.15, -0.1) is 0 Å². The fourth-order valence-electron chi connectivity index (χ4n) is 1.55. The number of rotatable bonds is 7. The fraction of sp³-hybridized carbons (Fsp3) is 0.455. The fourth-order valence-corrected chi connectivity index (χ4v) is 2.86. The molecular formula is C11H16N2O6S. The molecule has 0 fully saturated rings. The minimum absolute atomic E-state index is 0.0820. The van der Waals surface area contributed by atoms with Crippen LogP contribution in [0.25, 0.3) is 0 Å². The Hall–Kier alpha value is -1.55. The van der Waals surface area contributed by atoms with Gasteiger partial charge in [0, 0.05) is 27.3 Å². The van der Waals surface area contributed by atoms with Gasteiger partial charge in [0.1, 0.15) is 0 Å². The maximum atomic E-state index is 12.3. The lowest BCUT2D eigenvalue weighted by molar-refractivity contribution is -0.387. The number of likely N-dealkylation sites (N-methyl/N-ethyl adjacent to an activating group) is 1. The lowest BCUT2D eigenvalue weighted by atomic mass is 10.3. The molecule has 0 saturated heterocycles. The summed E-state index contributed by atoms with van der Waals surface area (Å²) in [5.41, 5.74) is -0.467. The van der Waals surface area contributed by atoms with Gasteiger partial charge in [0.05, 0.1) is 11.5 Å². The van der Waals surface area contributed by atoms with Gasteiger partial charge in [-0.3, -0.25) is 10.1 Å². The van der Waals surface area contributed by atoms with Crippen molar-refractivity contribution in [3.63, 3.8) is 0 Å². The molecule has 0 unspecified atom stereocenters. The van der Waals surface area contributed by atoms with Gasteiger partial charge in [0.25, 0.3) is 5.69 Å². The second kappa shape index (κ2) is 6.75. The summed E-state index contributed by atoms with van der Waals surface area (Å²) in [5, 5.41) is 10.9. The van der Waals surface area contributed by atoms with E-state index in [2.05, 4.69) is 0 Å². The first-order chi connectivity index (χ1) is 9.34. The molecule has 1 rings (SSSR count). The number of benzene rings is 1. The predicted octanol–water partition coefficient (Wildman–Crippen LogP) is 0.834. The minimum atomic E-state index is -4.00. The van der Waals surface area contributed by atoms with E-state index in [-0.39, 0.29) is 11.4 Å². The van der Waals surface area contributed by atoms with Crippen molar-refractivity contribution in [1.82, 2.24) is 4.31 Å². The van der Waals surface area contributed by atoms with Crippen molar-refractivity contribution in [2.75, 3.05) is 27.8 Å². The summed E-state index contributed by atoms with van der Waals surface area (Å²) in [7, 11) is 0.0536. The summed E-state index contributed by atoms with van der Waals surface area (Å²) in [5.74, 6) is 0. The zero-order valence-electron chi connectivity index (χ0n) is 11.3. The van der Waals surface area contributed by atoms with Crippen LogP contribution >= 0.6 is 0 Å². The van der Waals surface area contributed by atoms with E-state index in [0.29, 0.717) is 0 Å². The highest BCUT2D eigenvalue weighted by atomic mass is 32.2. The molecule has 0 amide bonds. The molecule has 8 nitrogen and oxygen atoms in total. The number of para-hydroxylation sites is 1. The van der Waals surface area contributed by atoms with Crippen molar-refractivity contribution in [2.45, 2.75) is 11.2 Å². The molecule has 0 saturated carbocycles. The molecule has 0 radical (unpaired) electrons. The topological polar surface area (TPSA) is 99.0 Å². The molecule has 0 aliphatic carbocycles. The summed E-state index contributed by atoms with van der Waals surface area (Å²) < 4.78 is 35.5. The highest BCUT2D eigenvalue weighted by molar-refractivity contribution is 7.89. The van der Waals surface area contributed by atoms with Crippen molar-refractivity contribution in [2.24, 2.45) is 0 Å². The second-order valence-electron chi connectivity index (χ2n) is 3.91. The lowest BCUT2D eigenvalue weighted by Crippen LogP contribution is -2.36. The molecule has 0 aromatic heterocycles. The van der Waals surface area contributed by atoms with Crippen molar-refractivity contribution >= 4 is 15.7 Å². The maximum Gasteiger partial charge on any atom is 0.289 e. The Labute approximate surface area is 117 Å². The third kappa shape index (κ3) is 3.51. The maximum absolute atomic E-state index is 12.3. The lowest BCUT2D eigenvalue weighted by Gasteiger charge is -2.21. The molecule has 0 aliphatic rings. The van der Waals surface area contributed by atoms with E-state index in [1.807, 2.05) is 0 Å². The molecule has 0 spiro atoms. The molecule has 112 valence electrons. The number of sulfonamides is 1. The van der Waals surface area contributed by atoms with Gasteiger partial charge in [0.15, 0.2) is 11.2 Å². The van der Waals surface area contributed by atoms with Crippen LogP contribution in [0.3, 0.4) is 0 Å². The number of nitro groups is 1. The standard InChI is InChI=1S/C11H16N2O6S/c1-12(8-11(18-2)19-3)20(16,17)10-7-5-4-6-9(10)13(14)15/h4-7,11H,8H2,1-3H3. The Balaban J connectivity index is 3.14.